The van der Waals surface area contributed by atoms with Gasteiger partial charge in [0.15, 0.2) is 0 Å². The van der Waals surface area contributed by atoms with Crippen molar-refractivity contribution < 1.29 is 8.78 Å². The Kier molecular flexibility index (Phi) is 3.62. The van der Waals surface area contributed by atoms with Gasteiger partial charge < -0.3 is 5.32 Å². The van der Waals surface area contributed by atoms with Crippen LogP contribution in [0, 0.1) is 17.6 Å². The van der Waals surface area contributed by atoms with E-state index in [1.54, 1.807) is 12.1 Å². The fourth-order valence-corrected chi connectivity index (χ4v) is 2.52. The van der Waals surface area contributed by atoms with E-state index >= 15 is 0 Å². The molecule has 1 atom stereocenters. The van der Waals surface area contributed by atoms with Gasteiger partial charge in [0.05, 0.1) is 16.8 Å². The molecule has 1 saturated carbocycles. The molecule has 0 aromatic heterocycles. The van der Waals surface area contributed by atoms with Crippen molar-refractivity contribution >= 4 is 17.3 Å². The van der Waals surface area contributed by atoms with Gasteiger partial charge in [-0.15, -0.1) is 0 Å². The minimum absolute atomic E-state index is 0.0369. The summed E-state index contributed by atoms with van der Waals surface area (Å²) in [5.41, 5.74) is 1.57. The first-order chi connectivity index (χ1) is 9.63. The van der Waals surface area contributed by atoms with Crippen LogP contribution in [0.2, 0.25) is 5.02 Å². The highest BCUT2D eigenvalue weighted by Gasteiger charge is 2.32. The molecular weight excluding hydrogens is 280 g/mol. The predicted molar refractivity (Wildman–Crippen MR) is 76.9 cm³/mol. The summed E-state index contributed by atoms with van der Waals surface area (Å²) in [6.07, 6.45) is 2.23. The number of rotatable bonds is 4. The van der Waals surface area contributed by atoms with Gasteiger partial charge in [-0.25, -0.2) is 8.78 Å². The Balaban J connectivity index is 1.88. The van der Waals surface area contributed by atoms with E-state index in [2.05, 4.69) is 5.32 Å². The number of anilines is 1. The number of halogens is 3. The van der Waals surface area contributed by atoms with Crippen LogP contribution in [0.3, 0.4) is 0 Å². The van der Waals surface area contributed by atoms with Crippen molar-refractivity contribution in [2.24, 2.45) is 5.92 Å². The first kappa shape index (κ1) is 13.4. The molecule has 0 spiro atoms. The first-order valence-corrected chi connectivity index (χ1v) is 6.98. The van der Waals surface area contributed by atoms with Crippen LogP contribution in [0.1, 0.15) is 24.4 Å². The quantitative estimate of drug-likeness (QED) is 0.819. The topological polar surface area (TPSA) is 12.0 Å². The molecule has 0 bridgehead atoms. The SMILES string of the molecule is Fc1ccc(C(Nc2cc(F)ccc2Cl)C2CC2)cc1. The summed E-state index contributed by atoms with van der Waals surface area (Å²) in [5.74, 6) is -0.0996. The monoisotopic (exact) mass is 293 g/mol. The number of benzene rings is 2. The second kappa shape index (κ2) is 5.41. The maximum Gasteiger partial charge on any atom is 0.125 e. The molecule has 1 fully saturated rings. The maximum absolute atomic E-state index is 13.3. The van der Waals surface area contributed by atoms with Crippen molar-refractivity contribution in [2.45, 2.75) is 18.9 Å². The van der Waals surface area contributed by atoms with E-state index in [1.165, 1.54) is 30.3 Å². The molecule has 0 heterocycles. The zero-order valence-electron chi connectivity index (χ0n) is 10.7. The lowest BCUT2D eigenvalue weighted by Gasteiger charge is -2.21. The Morgan fingerprint density at radius 3 is 2.30 bits per heavy atom. The van der Waals surface area contributed by atoms with Gasteiger partial charge in [0, 0.05) is 0 Å². The summed E-state index contributed by atoms with van der Waals surface area (Å²) in [6.45, 7) is 0. The van der Waals surface area contributed by atoms with Gasteiger partial charge in [0.25, 0.3) is 0 Å². The molecule has 1 unspecified atom stereocenters. The van der Waals surface area contributed by atoms with E-state index in [-0.39, 0.29) is 17.7 Å². The standard InChI is InChI=1S/C16H14ClF2N/c17-14-8-7-13(19)9-15(14)20-16(10-1-2-10)11-3-5-12(18)6-4-11/h3-10,16,20H,1-2H2. The summed E-state index contributed by atoms with van der Waals surface area (Å²) in [4.78, 5) is 0. The Morgan fingerprint density at radius 1 is 1.00 bits per heavy atom. The first-order valence-electron chi connectivity index (χ1n) is 6.60. The molecule has 1 nitrogen and oxygen atoms in total. The van der Waals surface area contributed by atoms with Crippen LogP contribution < -0.4 is 5.32 Å². The van der Waals surface area contributed by atoms with Crippen LogP contribution in [0.15, 0.2) is 42.5 Å². The molecule has 0 saturated heterocycles. The molecule has 1 N–H and O–H groups in total. The average Bonchev–Trinajstić information content (AvgIpc) is 3.25. The van der Waals surface area contributed by atoms with Crippen molar-refractivity contribution in [3.8, 4) is 0 Å². The van der Waals surface area contributed by atoms with Crippen LogP contribution in [0.25, 0.3) is 0 Å². The third-order valence-electron chi connectivity index (χ3n) is 3.56. The molecular formula is C16H14ClF2N. The van der Waals surface area contributed by atoms with Gasteiger partial charge in [-0.3, -0.25) is 0 Å². The van der Waals surface area contributed by atoms with Crippen LogP contribution >= 0.6 is 11.6 Å². The zero-order valence-corrected chi connectivity index (χ0v) is 11.5. The largest absolute Gasteiger partial charge is 0.377 e. The molecule has 1 aliphatic carbocycles. The maximum atomic E-state index is 13.3. The van der Waals surface area contributed by atoms with E-state index in [0.717, 1.165) is 18.4 Å². The molecule has 0 amide bonds. The highest BCUT2D eigenvalue weighted by atomic mass is 35.5. The Bertz CT molecular complexity index is 608. The van der Waals surface area contributed by atoms with Crippen LogP contribution in [0.4, 0.5) is 14.5 Å². The van der Waals surface area contributed by atoms with Crippen molar-refractivity contribution in [1.29, 1.82) is 0 Å². The van der Waals surface area contributed by atoms with Crippen molar-refractivity contribution in [2.75, 3.05) is 5.32 Å². The van der Waals surface area contributed by atoms with Crippen molar-refractivity contribution in [3.05, 3.63) is 64.7 Å². The number of nitrogens with one attached hydrogen (secondary N) is 1. The van der Waals surface area contributed by atoms with Gasteiger partial charge in [-0.05, 0) is 54.7 Å². The lowest BCUT2D eigenvalue weighted by molar-refractivity contribution is 0.621. The molecule has 104 valence electrons. The fourth-order valence-electron chi connectivity index (χ4n) is 2.35. The lowest BCUT2D eigenvalue weighted by Crippen LogP contribution is -2.13. The fraction of sp³-hybridized carbons (Fsp3) is 0.250. The third kappa shape index (κ3) is 2.93. The van der Waals surface area contributed by atoms with Gasteiger partial charge in [-0.1, -0.05) is 23.7 Å². The van der Waals surface area contributed by atoms with Crippen LogP contribution in [-0.4, -0.2) is 0 Å². The highest BCUT2D eigenvalue weighted by Crippen LogP contribution is 2.43. The van der Waals surface area contributed by atoms with E-state index in [4.69, 9.17) is 11.6 Å². The minimum Gasteiger partial charge on any atom is -0.377 e. The summed E-state index contributed by atoms with van der Waals surface area (Å²) in [7, 11) is 0. The van der Waals surface area contributed by atoms with E-state index < -0.39 is 0 Å². The van der Waals surface area contributed by atoms with E-state index in [1.807, 2.05) is 0 Å². The Hall–Kier alpha value is -1.61. The van der Waals surface area contributed by atoms with Gasteiger partial charge in [0.2, 0.25) is 0 Å². The average molecular weight is 294 g/mol. The number of hydrogen-bond acceptors (Lipinski definition) is 1. The molecule has 3 rings (SSSR count). The molecule has 0 aliphatic heterocycles. The molecule has 2 aromatic carbocycles. The zero-order chi connectivity index (χ0) is 14.1. The predicted octanol–water partition coefficient (Wildman–Crippen LogP) is 5.18. The normalized spacial score (nSPS) is 15.9. The van der Waals surface area contributed by atoms with Crippen LogP contribution in [0.5, 0.6) is 0 Å². The molecule has 0 radical (unpaired) electrons. The number of hydrogen-bond donors (Lipinski definition) is 1. The van der Waals surface area contributed by atoms with Gasteiger partial charge >= 0.3 is 0 Å². The second-order valence-corrected chi connectivity index (χ2v) is 5.54. The smallest absolute Gasteiger partial charge is 0.125 e. The summed E-state index contributed by atoms with van der Waals surface area (Å²) in [6, 6.07) is 10.7. The lowest BCUT2D eigenvalue weighted by atomic mass is 10.0. The minimum atomic E-state index is -0.328. The summed E-state index contributed by atoms with van der Waals surface area (Å²) >= 11 is 6.09. The molecule has 2 aromatic rings. The molecule has 1 aliphatic rings. The third-order valence-corrected chi connectivity index (χ3v) is 3.89. The van der Waals surface area contributed by atoms with Gasteiger partial charge in [0.1, 0.15) is 11.6 Å². The Morgan fingerprint density at radius 2 is 1.65 bits per heavy atom. The molecule has 20 heavy (non-hydrogen) atoms. The Labute approximate surface area is 121 Å². The van der Waals surface area contributed by atoms with E-state index in [9.17, 15) is 8.78 Å². The summed E-state index contributed by atoms with van der Waals surface area (Å²) < 4.78 is 26.3. The van der Waals surface area contributed by atoms with Crippen molar-refractivity contribution in [3.63, 3.8) is 0 Å². The molecule has 4 heteroatoms. The second-order valence-electron chi connectivity index (χ2n) is 5.14. The van der Waals surface area contributed by atoms with Crippen LogP contribution in [-0.2, 0) is 0 Å². The van der Waals surface area contributed by atoms with Gasteiger partial charge in [-0.2, -0.15) is 0 Å². The van der Waals surface area contributed by atoms with E-state index in [0.29, 0.717) is 16.6 Å². The van der Waals surface area contributed by atoms with Crippen molar-refractivity contribution in [1.82, 2.24) is 0 Å². The summed E-state index contributed by atoms with van der Waals surface area (Å²) in [5, 5.41) is 3.78. The highest BCUT2D eigenvalue weighted by molar-refractivity contribution is 6.33.